The molecule has 3 aromatic rings. The Labute approximate surface area is 135 Å². The number of rotatable bonds is 5. The maximum absolute atomic E-state index is 4.48. The summed E-state index contributed by atoms with van der Waals surface area (Å²) in [6.07, 6.45) is 6.02. The standard InChI is InChI=1S/C18H21N5/c1-2-16-11-17(23-18(22-16)20-12-21-23)19-8-7-13-9-14-5-3-4-6-15(14)10-13/h3-6,11-13,19H,2,7-10H2,1H3. The number of aromatic nitrogens is 4. The number of benzene rings is 1. The Morgan fingerprint density at radius 2 is 2.00 bits per heavy atom. The van der Waals surface area contributed by atoms with E-state index < -0.39 is 0 Å². The van der Waals surface area contributed by atoms with Gasteiger partial charge in [0.25, 0.3) is 5.78 Å². The first-order valence-corrected chi connectivity index (χ1v) is 8.34. The van der Waals surface area contributed by atoms with Crippen molar-refractivity contribution in [3.05, 3.63) is 53.5 Å². The minimum absolute atomic E-state index is 0.667. The monoisotopic (exact) mass is 307 g/mol. The van der Waals surface area contributed by atoms with Crippen molar-refractivity contribution in [2.24, 2.45) is 5.92 Å². The number of aryl methyl sites for hydroxylation is 1. The molecule has 5 nitrogen and oxygen atoms in total. The summed E-state index contributed by atoms with van der Waals surface area (Å²) in [6, 6.07) is 10.9. The highest BCUT2D eigenvalue weighted by Gasteiger charge is 2.20. The molecule has 0 aliphatic heterocycles. The molecule has 1 aromatic carbocycles. The van der Waals surface area contributed by atoms with Gasteiger partial charge in [0, 0.05) is 18.3 Å². The molecule has 0 saturated carbocycles. The molecule has 0 spiro atoms. The van der Waals surface area contributed by atoms with Gasteiger partial charge in [0.1, 0.15) is 12.1 Å². The van der Waals surface area contributed by atoms with E-state index in [1.165, 1.54) is 24.0 Å². The number of anilines is 1. The lowest BCUT2D eigenvalue weighted by Crippen LogP contribution is -2.12. The van der Waals surface area contributed by atoms with Crippen molar-refractivity contribution in [2.45, 2.75) is 32.6 Å². The van der Waals surface area contributed by atoms with Gasteiger partial charge in [-0.15, -0.1) is 0 Å². The van der Waals surface area contributed by atoms with Crippen LogP contribution in [0.4, 0.5) is 5.82 Å². The molecule has 0 unspecified atom stereocenters. The lowest BCUT2D eigenvalue weighted by atomic mass is 10.0. The molecule has 0 fully saturated rings. The molecule has 0 saturated heterocycles. The smallest absolute Gasteiger partial charge is 0.254 e. The summed E-state index contributed by atoms with van der Waals surface area (Å²) in [7, 11) is 0. The van der Waals surface area contributed by atoms with Crippen molar-refractivity contribution in [2.75, 3.05) is 11.9 Å². The Balaban J connectivity index is 1.41. The van der Waals surface area contributed by atoms with Gasteiger partial charge < -0.3 is 5.32 Å². The molecule has 1 aliphatic rings. The van der Waals surface area contributed by atoms with Crippen LogP contribution in [0.5, 0.6) is 0 Å². The van der Waals surface area contributed by atoms with Gasteiger partial charge in [0.2, 0.25) is 0 Å². The lowest BCUT2D eigenvalue weighted by Gasteiger charge is -2.12. The van der Waals surface area contributed by atoms with Gasteiger partial charge >= 0.3 is 0 Å². The fourth-order valence-corrected chi connectivity index (χ4v) is 3.43. The van der Waals surface area contributed by atoms with Gasteiger partial charge in [-0.1, -0.05) is 31.2 Å². The van der Waals surface area contributed by atoms with Crippen LogP contribution in [-0.4, -0.2) is 26.1 Å². The number of nitrogens with one attached hydrogen (secondary N) is 1. The molecular weight excluding hydrogens is 286 g/mol. The number of hydrogen-bond acceptors (Lipinski definition) is 4. The Hall–Kier alpha value is -2.43. The maximum atomic E-state index is 4.48. The molecule has 23 heavy (non-hydrogen) atoms. The first-order valence-electron chi connectivity index (χ1n) is 8.34. The summed E-state index contributed by atoms with van der Waals surface area (Å²) in [5.74, 6) is 2.39. The molecule has 0 radical (unpaired) electrons. The van der Waals surface area contributed by atoms with E-state index in [0.29, 0.717) is 5.78 Å². The number of hydrogen-bond donors (Lipinski definition) is 1. The highest BCUT2D eigenvalue weighted by atomic mass is 15.3. The Bertz CT molecular complexity index is 798. The van der Waals surface area contributed by atoms with Gasteiger partial charge in [-0.05, 0) is 42.7 Å². The van der Waals surface area contributed by atoms with Crippen LogP contribution >= 0.6 is 0 Å². The third-order valence-corrected chi connectivity index (χ3v) is 4.66. The molecule has 5 heteroatoms. The van der Waals surface area contributed by atoms with E-state index in [1.54, 1.807) is 10.8 Å². The van der Waals surface area contributed by atoms with Crippen LogP contribution in [0.1, 0.15) is 30.2 Å². The zero-order valence-electron chi connectivity index (χ0n) is 13.4. The van der Waals surface area contributed by atoms with Crippen LogP contribution in [0.3, 0.4) is 0 Å². The summed E-state index contributed by atoms with van der Waals surface area (Å²) < 4.78 is 1.78. The van der Waals surface area contributed by atoms with Crippen LogP contribution in [-0.2, 0) is 19.3 Å². The van der Waals surface area contributed by atoms with E-state index in [0.717, 1.165) is 36.8 Å². The topological polar surface area (TPSA) is 55.1 Å². The van der Waals surface area contributed by atoms with Crippen molar-refractivity contribution in [1.29, 1.82) is 0 Å². The van der Waals surface area contributed by atoms with Gasteiger partial charge in [0.05, 0.1) is 0 Å². The maximum Gasteiger partial charge on any atom is 0.254 e. The quantitative estimate of drug-likeness (QED) is 0.787. The van der Waals surface area contributed by atoms with Gasteiger partial charge in [-0.2, -0.15) is 14.6 Å². The predicted octanol–water partition coefficient (Wildman–Crippen LogP) is 2.90. The first-order chi connectivity index (χ1) is 11.3. The van der Waals surface area contributed by atoms with Crippen molar-refractivity contribution in [3.63, 3.8) is 0 Å². The second-order valence-electron chi connectivity index (χ2n) is 6.22. The normalized spacial score (nSPS) is 14.3. The average molecular weight is 307 g/mol. The van der Waals surface area contributed by atoms with E-state index in [9.17, 15) is 0 Å². The van der Waals surface area contributed by atoms with Crippen LogP contribution in [0.15, 0.2) is 36.7 Å². The van der Waals surface area contributed by atoms with Gasteiger partial charge in [-0.3, -0.25) is 0 Å². The molecule has 118 valence electrons. The van der Waals surface area contributed by atoms with E-state index in [4.69, 9.17) is 0 Å². The van der Waals surface area contributed by atoms with Gasteiger partial charge in [0.15, 0.2) is 0 Å². The van der Waals surface area contributed by atoms with Crippen LogP contribution in [0.25, 0.3) is 5.78 Å². The zero-order valence-corrected chi connectivity index (χ0v) is 13.4. The van der Waals surface area contributed by atoms with Gasteiger partial charge in [-0.25, -0.2) is 4.98 Å². The predicted molar refractivity (Wildman–Crippen MR) is 90.6 cm³/mol. The Morgan fingerprint density at radius 1 is 1.22 bits per heavy atom. The molecule has 0 bridgehead atoms. The number of fused-ring (bicyclic) bond motifs is 2. The summed E-state index contributed by atoms with van der Waals surface area (Å²) in [5.41, 5.74) is 4.09. The molecule has 4 rings (SSSR count). The third kappa shape index (κ3) is 2.79. The summed E-state index contributed by atoms with van der Waals surface area (Å²) in [6.45, 7) is 3.05. The molecule has 2 aromatic heterocycles. The Kier molecular flexibility index (Phi) is 3.69. The van der Waals surface area contributed by atoms with E-state index in [2.05, 4.69) is 57.6 Å². The zero-order chi connectivity index (χ0) is 15.6. The minimum atomic E-state index is 0.667. The van der Waals surface area contributed by atoms with E-state index >= 15 is 0 Å². The van der Waals surface area contributed by atoms with Crippen molar-refractivity contribution in [1.82, 2.24) is 19.6 Å². The van der Waals surface area contributed by atoms with Crippen LogP contribution in [0.2, 0.25) is 0 Å². The number of nitrogens with zero attached hydrogens (tertiary/aromatic N) is 4. The fourth-order valence-electron chi connectivity index (χ4n) is 3.43. The second-order valence-corrected chi connectivity index (χ2v) is 6.22. The highest BCUT2D eigenvalue weighted by molar-refractivity contribution is 5.45. The van der Waals surface area contributed by atoms with Crippen LogP contribution < -0.4 is 5.32 Å². The van der Waals surface area contributed by atoms with Crippen molar-refractivity contribution < 1.29 is 0 Å². The molecule has 0 atom stereocenters. The highest BCUT2D eigenvalue weighted by Crippen LogP contribution is 2.28. The molecule has 0 amide bonds. The minimum Gasteiger partial charge on any atom is -0.370 e. The molecular formula is C18H21N5. The summed E-state index contributed by atoms with van der Waals surface area (Å²) in [4.78, 5) is 8.68. The summed E-state index contributed by atoms with van der Waals surface area (Å²) >= 11 is 0. The van der Waals surface area contributed by atoms with E-state index in [1.807, 2.05) is 0 Å². The Morgan fingerprint density at radius 3 is 2.74 bits per heavy atom. The van der Waals surface area contributed by atoms with Crippen LogP contribution in [0, 0.1) is 5.92 Å². The second kappa shape index (κ2) is 5.99. The van der Waals surface area contributed by atoms with Crippen molar-refractivity contribution in [3.8, 4) is 0 Å². The average Bonchev–Trinajstić information content (AvgIpc) is 3.20. The third-order valence-electron chi connectivity index (χ3n) is 4.66. The van der Waals surface area contributed by atoms with E-state index in [-0.39, 0.29) is 0 Å². The summed E-state index contributed by atoms with van der Waals surface area (Å²) in [5, 5.41) is 7.78. The molecule has 1 N–H and O–H groups in total. The van der Waals surface area contributed by atoms with Crippen molar-refractivity contribution >= 4 is 11.6 Å². The molecule has 2 heterocycles. The molecule has 1 aliphatic carbocycles. The fraction of sp³-hybridized carbons (Fsp3) is 0.389. The largest absolute Gasteiger partial charge is 0.370 e. The lowest BCUT2D eigenvalue weighted by molar-refractivity contribution is 0.529. The first kappa shape index (κ1) is 14.2. The SMILES string of the molecule is CCc1cc(NCCC2Cc3ccccc3C2)n2ncnc2n1.